The highest BCUT2D eigenvalue weighted by Crippen LogP contribution is 2.21. The lowest BCUT2D eigenvalue weighted by Crippen LogP contribution is -2.53. The number of halogens is 1. The highest BCUT2D eigenvalue weighted by atomic mass is 127. The van der Waals surface area contributed by atoms with Crippen LogP contribution in [0.25, 0.3) is 0 Å². The summed E-state index contributed by atoms with van der Waals surface area (Å²) in [6.07, 6.45) is 2.59. The van der Waals surface area contributed by atoms with E-state index in [0.717, 1.165) is 44.2 Å². The molecule has 6 nitrogen and oxygen atoms in total. The Bertz CT molecular complexity index is 564. The fourth-order valence-electron chi connectivity index (χ4n) is 3.28. The van der Waals surface area contributed by atoms with Crippen LogP contribution < -0.4 is 10.1 Å². The molecule has 0 aliphatic carbocycles. The fourth-order valence-corrected chi connectivity index (χ4v) is 3.28. The second-order valence-corrected chi connectivity index (χ2v) is 6.16. The fraction of sp³-hybridized carbons (Fsp3) is 0.611. The largest absolute Gasteiger partial charge is 0.497 e. The number of rotatable bonds is 4. The Morgan fingerprint density at radius 2 is 2.16 bits per heavy atom. The zero-order chi connectivity index (χ0) is 16.8. The Kier molecular flexibility index (Phi) is 8.25. The van der Waals surface area contributed by atoms with Crippen LogP contribution in [0.5, 0.6) is 5.75 Å². The molecule has 2 heterocycles. The van der Waals surface area contributed by atoms with Crippen LogP contribution >= 0.6 is 24.0 Å². The molecule has 2 unspecified atom stereocenters. The summed E-state index contributed by atoms with van der Waals surface area (Å²) in [4.78, 5) is 6.69. The van der Waals surface area contributed by atoms with E-state index in [9.17, 15) is 0 Å². The molecule has 140 valence electrons. The van der Waals surface area contributed by atoms with Crippen molar-refractivity contribution < 1.29 is 14.2 Å². The molecule has 0 aromatic heterocycles. The van der Waals surface area contributed by atoms with Crippen molar-refractivity contribution in [3.63, 3.8) is 0 Å². The molecular formula is C18H28IN3O3. The van der Waals surface area contributed by atoms with Gasteiger partial charge in [0.05, 0.1) is 19.8 Å². The maximum Gasteiger partial charge on any atom is 0.194 e. The third-order valence-corrected chi connectivity index (χ3v) is 4.57. The van der Waals surface area contributed by atoms with Crippen molar-refractivity contribution in [1.29, 1.82) is 0 Å². The number of methoxy groups -OCH3 is 1. The minimum atomic E-state index is 0. The molecule has 2 saturated heterocycles. The van der Waals surface area contributed by atoms with Crippen LogP contribution in [0.3, 0.4) is 0 Å². The Labute approximate surface area is 166 Å². The van der Waals surface area contributed by atoms with Gasteiger partial charge in [-0.1, -0.05) is 12.1 Å². The number of morpholine rings is 1. The van der Waals surface area contributed by atoms with Crippen molar-refractivity contribution >= 4 is 29.9 Å². The predicted molar refractivity (Wildman–Crippen MR) is 109 cm³/mol. The van der Waals surface area contributed by atoms with Crippen LogP contribution in [-0.2, 0) is 16.0 Å². The highest BCUT2D eigenvalue weighted by molar-refractivity contribution is 14.0. The summed E-state index contributed by atoms with van der Waals surface area (Å²) in [6.45, 7) is 3.95. The van der Waals surface area contributed by atoms with E-state index in [4.69, 9.17) is 14.2 Å². The predicted octanol–water partition coefficient (Wildman–Crippen LogP) is 2.27. The van der Waals surface area contributed by atoms with E-state index in [-0.39, 0.29) is 36.2 Å². The highest BCUT2D eigenvalue weighted by Gasteiger charge is 2.32. The molecule has 1 aromatic carbocycles. The number of nitrogens with one attached hydrogen (secondary N) is 1. The van der Waals surface area contributed by atoms with Gasteiger partial charge in [0.25, 0.3) is 0 Å². The normalized spacial score (nSPS) is 23.9. The molecule has 3 rings (SSSR count). The van der Waals surface area contributed by atoms with E-state index in [1.807, 2.05) is 25.2 Å². The summed E-state index contributed by atoms with van der Waals surface area (Å²) >= 11 is 0. The first kappa shape index (κ1) is 20.3. The molecule has 0 spiro atoms. The average Bonchev–Trinajstić information content (AvgIpc) is 3.17. The van der Waals surface area contributed by atoms with E-state index in [1.54, 1.807) is 7.11 Å². The molecule has 2 atom stereocenters. The third kappa shape index (κ3) is 5.46. The van der Waals surface area contributed by atoms with E-state index in [0.29, 0.717) is 13.2 Å². The van der Waals surface area contributed by atoms with Gasteiger partial charge in [0.15, 0.2) is 5.96 Å². The second-order valence-electron chi connectivity index (χ2n) is 6.16. The Hall–Kier alpha value is -1.06. The molecular weight excluding hydrogens is 433 g/mol. The number of hydrogen-bond donors (Lipinski definition) is 1. The van der Waals surface area contributed by atoms with Gasteiger partial charge in [-0.3, -0.25) is 4.99 Å². The molecule has 2 fully saturated rings. The zero-order valence-corrected chi connectivity index (χ0v) is 17.3. The van der Waals surface area contributed by atoms with Gasteiger partial charge in [0.2, 0.25) is 0 Å². The van der Waals surface area contributed by atoms with E-state index in [2.05, 4.69) is 21.3 Å². The number of benzene rings is 1. The van der Waals surface area contributed by atoms with Crippen molar-refractivity contribution in [2.24, 2.45) is 4.99 Å². The molecule has 1 aromatic rings. The van der Waals surface area contributed by atoms with Gasteiger partial charge in [0.1, 0.15) is 11.9 Å². The van der Waals surface area contributed by atoms with E-state index >= 15 is 0 Å². The van der Waals surface area contributed by atoms with Gasteiger partial charge in [-0.25, -0.2) is 0 Å². The van der Waals surface area contributed by atoms with E-state index < -0.39 is 0 Å². The zero-order valence-electron chi connectivity index (χ0n) is 14.9. The minimum Gasteiger partial charge on any atom is -0.497 e. The van der Waals surface area contributed by atoms with Crippen molar-refractivity contribution in [3.05, 3.63) is 29.8 Å². The first-order chi connectivity index (χ1) is 11.8. The van der Waals surface area contributed by atoms with Gasteiger partial charge < -0.3 is 24.4 Å². The summed E-state index contributed by atoms with van der Waals surface area (Å²) in [5.74, 6) is 1.78. The molecule has 1 N–H and O–H groups in total. The maximum absolute atomic E-state index is 5.91. The summed E-state index contributed by atoms with van der Waals surface area (Å²) in [7, 11) is 3.51. The van der Waals surface area contributed by atoms with Gasteiger partial charge >= 0.3 is 0 Å². The Morgan fingerprint density at radius 1 is 1.32 bits per heavy atom. The summed E-state index contributed by atoms with van der Waals surface area (Å²) in [5, 5.41) is 3.44. The van der Waals surface area contributed by atoms with Gasteiger partial charge in [0, 0.05) is 33.3 Å². The summed E-state index contributed by atoms with van der Waals surface area (Å²) < 4.78 is 17.0. The molecule has 2 aliphatic rings. The van der Waals surface area contributed by atoms with Crippen molar-refractivity contribution in [2.75, 3.05) is 40.5 Å². The maximum atomic E-state index is 5.91. The van der Waals surface area contributed by atoms with Crippen molar-refractivity contribution in [2.45, 2.75) is 31.6 Å². The van der Waals surface area contributed by atoms with Gasteiger partial charge in [-0.15, -0.1) is 24.0 Å². The first-order valence-corrected chi connectivity index (χ1v) is 8.62. The first-order valence-electron chi connectivity index (χ1n) is 8.62. The molecule has 0 radical (unpaired) electrons. The van der Waals surface area contributed by atoms with Gasteiger partial charge in [-0.2, -0.15) is 0 Å². The molecule has 25 heavy (non-hydrogen) atoms. The van der Waals surface area contributed by atoms with E-state index in [1.165, 1.54) is 5.56 Å². The second kappa shape index (κ2) is 10.2. The number of hydrogen-bond acceptors (Lipinski definition) is 4. The Morgan fingerprint density at radius 3 is 2.88 bits per heavy atom. The monoisotopic (exact) mass is 461 g/mol. The number of ether oxygens (including phenoxy) is 3. The molecule has 0 bridgehead atoms. The minimum absolute atomic E-state index is 0. The quantitative estimate of drug-likeness (QED) is 0.424. The lowest BCUT2D eigenvalue weighted by atomic mass is 10.1. The smallest absolute Gasteiger partial charge is 0.194 e. The number of nitrogens with zero attached hydrogens (tertiary/aromatic N) is 2. The SMILES string of the molecule is CN=C(NCc1cccc(OC)c1)N1CCOC(C2CCCO2)C1.I. The van der Waals surface area contributed by atoms with Gasteiger partial charge in [-0.05, 0) is 30.5 Å². The average molecular weight is 461 g/mol. The number of guanidine groups is 1. The Balaban J connectivity index is 0.00000225. The van der Waals surface area contributed by atoms with Crippen LogP contribution in [0.15, 0.2) is 29.3 Å². The van der Waals surface area contributed by atoms with Crippen LogP contribution in [0.4, 0.5) is 0 Å². The van der Waals surface area contributed by atoms with Crippen LogP contribution in [0.1, 0.15) is 18.4 Å². The molecule has 0 saturated carbocycles. The molecule has 2 aliphatic heterocycles. The van der Waals surface area contributed by atoms with Crippen LogP contribution in [0, 0.1) is 0 Å². The van der Waals surface area contributed by atoms with Crippen molar-refractivity contribution in [1.82, 2.24) is 10.2 Å². The molecule has 7 heteroatoms. The standard InChI is InChI=1S/C18H27N3O3.HI/c1-19-18(20-12-14-5-3-6-15(11-14)22-2)21-8-10-24-17(13-21)16-7-4-9-23-16;/h3,5-6,11,16-17H,4,7-10,12-13H2,1-2H3,(H,19,20);1H. The van der Waals surface area contributed by atoms with Crippen LogP contribution in [-0.4, -0.2) is 63.5 Å². The summed E-state index contributed by atoms with van der Waals surface area (Å²) in [5.41, 5.74) is 1.17. The third-order valence-electron chi connectivity index (χ3n) is 4.57. The molecule has 0 amide bonds. The lowest BCUT2D eigenvalue weighted by molar-refractivity contribution is -0.0817. The number of aliphatic imine (C=N–C) groups is 1. The van der Waals surface area contributed by atoms with Crippen LogP contribution in [0.2, 0.25) is 0 Å². The summed E-state index contributed by atoms with van der Waals surface area (Å²) in [6, 6.07) is 8.07. The lowest BCUT2D eigenvalue weighted by Gasteiger charge is -2.37. The van der Waals surface area contributed by atoms with Crippen molar-refractivity contribution in [3.8, 4) is 5.75 Å². The topological polar surface area (TPSA) is 55.3 Å².